The first kappa shape index (κ1) is 23.8. The number of hydrogen-bond donors (Lipinski definition) is 2. The molecule has 0 saturated carbocycles. The molecule has 0 unspecified atom stereocenters. The second-order valence-electron chi connectivity index (χ2n) is 7.35. The standard InChI is InChI=1S/C25H14Cl3N3O2S2/c26-16-5-3-4-15(22(16)28)19-10-11-20(33-19)23(32)31-25(34)29-13-8-9-14(17(27)12-13)24-30-18-6-1-2-7-21(18)35-24/h1-12H,(H2,29,31,32,34). The van der Waals surface area contributed by atoms with Crippen molar-refractivity contribution >= 4 is 85.3 Å². The lowest BCUT2D eigenvalue weighted by Crippen LogP contribution is -2.33. The molecule has 0 spiro atoms. The van der Waals surface area contributed by atoms with Crippen LogP contribution in [0.1, 0.15) is 10.6 Å². The van der Waals surface area contributed by atoms with Gasteiger partial charge in [-0.1, -0.05) is 53.0 Å². The van der Waals surface area contributed by atoms with E-state index in [1.165, 1.54) is 6.07 Å². The van der Waals surface area contributed by atoms with Crippen molar-refractivity contribution in [1.29, 1.82) is 0 Å². The number of nitrogens with zero attached hydrogens (tertiary/aromatic N) is 1. The summed E-state index contributed by atoms with van der Waals surface area (Å²) in [7, 11) is 0. The first-order chi connectivity index (χ1) is 16.9. The zero-order valence-corrected chi connectivity index (χ0v) is 21.5. The second-order valence-corrected chi connectivity index (χ2v) is 9.99. The maximum absolute atomic E-state index is 12.6. The highest BCUT2D eigenvalue weighted by Crippen LogP contribution is 2.36. The third-order valence-corrected chi connectivity index (χ3v) is 7.43. The average Bonchev–Trinajstić information content (AvgIpc) is 3.48. The number of anilines is 1. The van der Waals surface area contributed by atoms with Gasteiger partial charge in [0, 0.05) is 16.8 Å². The third kappa shape index (κ3) is 5.05. The summed E-state index contributed by atoms with van der Waals surface area (Å²) in [5.74, 6) is -0.0211. The van der Waals surface area contributed by atoms with Gasteiger partial charge in [0.1, 0.15) is 10.8 Å². The van der Waals surface area contributed by atoms with Crippen molar-refractivity contribution in [1.82, 2.24) is 10.3 Å². The van der Waals surface area contributed by atoms with Crippen molar-refractivity contribution < 1.29 is 9.21 Å². The van der Waals surface area contributed by atoms with Gasteiger partial charge < -0.3 is 9.73 Å². The van der Waals surface area contributed by atoms with Crippen LogP contribution in [0.3, 0.4) is 0 Å². The van der Waals surface area contributed by atoms with Gasteiger partial charge in [-0.3, -0.25) is 10.1 Å². The van der Waals surface area contributed by atoms with Gasteiger partial charge in [-0.05, 0) is 66.8 Å². The molecule has 0 saturated heterocycles. The molecule has 2 heterocycles. The van der Waals surface area contributed by atoms with Crippen molar-refractivity contribution in [2.45, 2.75) is 0 Å². The maximum atomic E-state index is 12.6. The molecule has 1 amide bonds. The highest BCUT2D eigenvalue weighted by Gasteiger charge is 2.17. The first-order valence-electron chi connectivity index (χ1n) is 10.2. The number of benzene rings is 3. The quantitative estimate of drug-likeness (QED) is 0.217. The summed E-state index contributed by atoms with van der Waals surface area (Å²) in [6.07, 6.45) is 0. The molecule has 0 aliphatic heterocycles. The van der Waals surface area contributed by atoms with Crippen LogP contribution in [-0.2, 0) is 0 Å². The van der Waals surface area contributed by atoms with Crippen LogP contribution in [0.25, 0.3) is 32.1 Å². The van der Waals surface area contributed by atoms with E-state index in [1.54, 1.807) is 41.7 Å². The summed E-state index contributed by atoms with van der Waals surface area (Å²) in [5.41, 5.74) is 2.95. The van der Waals surface area contributed by atoms with Gasteiger partial charge >= 0.3 is 0 Å². The molecule has 5 aromatic rings. The van der Waals surface area contributed by atoms with Crippen LogP contribution in [0.15, 0.2) is 77.2 Å². The van der Waals surface area contributed by atoms with Crippen LogP contribution < -0.4 is 10.6 Å². The largest absolute Gasteiger partial charge is 0.451 e. The maximum Gasteiger partial charge on any atom is 0.293 e. The Hall–Kier alpha value is -2.94. The Bertz CT molecular complexity index is 1560. The number of halogens is 3. The number of hydrogen-bond acceptors (Lipinski definition) is 5. The van der Waals surface area contributed by atoms with E-state index in [4.69, 9.17) is 51.4 Å². The Kier molecular flexibility index (Phi) is 6.77. The predicted molar refractivity (Wildman–Crippen MR) is 148 cm³/mol. The van der Waals surface area contributed by atoms with E-state index < -0.39 is 5.91 Å². The minimum absolute atomic E-state index is 0.0735. The number of thiocarbonyl (C=S) groups is 1. The molecule has 5 nitrogen and oxygen atoms in total. The van der Waals surface area contributed by atoms with E-state index in [-0.39, 0.29) is 10.9 Å². The average molecular weight is 559 g/mol. The van der Waals surface area contributed by atoms with E-state index in [2.05, 4.69) is 15.6 Å². The van der Waals surface area contributed by atoms with Crippen molar-refractivity contribution in [2.24, 2.45) is 0 Å². The fraction of sp³-hybridized carbons (Fsp3) is 0. The van der Waals surface area contributed by atoms with Crippen molar-refractivity contribution in [2.75, 3.05) is 5.32 Å². The summed E-state index contributed by atoms with van der Waals surface area (Å²) < 4.78 is 6.74. The van der Waals surface area contributed by atoms with Crippen molar-refractivity contribution in [3.63, 3.8) is 0 Å². The predicted octanol–water partition coefficient (Wildman–Crippen LogP) is 8.31. The Labute approximate surface area is 224 Å². The molecule has 3 aromatic carbocycles. The van der Waals surface area contributed by atoms with Gasteiger partial charge in [0.25, 0.3) is 5.91 Å². The number of para-hydroxylation sites is 1. The zero-order valence-electron chi connectivity index (χ0n) is 17.6. The summed E-state index contributed by atoms with van der Waals surface area (Å²) in [6.45, 7) is 0. The van der Waals surface area contributed by atoms with Crippen LogP contribution in [0, 0.1) is 0 Å². The summed E-state index contributed by atoms with van der Waals surface area (Å²) in [5, 5.41) is 7.73. The highest BCUT2D eigenvalue weighted by atomic mass is 35.5. The van der Waals surface area contributed by atoms with Crippen molar-refractivity contribution in [3.8, 4) is 21.9 Å². The Morgan fingerprint density at radius 1 is 0.914 bits per heavy atom. The van der Waals surface area contributed by atoms with E-state index in [1.807, 2.05) is 36.4 Å². The molecule has 0 aliphatic carbocycles. The topological polar surface area (TPSA) is 67.2 Å². The van der Waals surface area contributed by atoms with Crippen LogP contribution >= 0.6 is 58.4 Å². The minimum atomic E-state index is -0.510. The minimum Gasteiger partial charge on any atom is -0.451 e. The van der Waals surface area contributed by atoms with E-state index >= 15 is 0 Å². The lowest BCUT2D eigenvalue weighted by Gasteiger charge is -2.10. The van der Waals surface area contributed by atoms with E-state index in [0.29, 0.717) is 32.1 Å². The fourth-order valence-corrected chi connectivity index (χ4v) is 5.31. The Morgan fingerprint density at radius 2 is 1.74 bits per heavy atom. The van der Waals surface area contributed by atoms with Crippen LogP contribution in [0.2, 0.25) is 15.1 Å². The number of thiazole rings is 1. The van der Waals surface area contributed by atoms with Gasteiger partial charge in [0.05, 0.1) is 25.3 Å². The molecule has 0 bridgehead atoms. The first-order valence-corrected chi connectivity index (χ1v) is 12.6. The molecule has 35 heavy (non-hydrogen) atoms. The lowest BCUT2D eigenvalue weighted by atomic mass is 10.2. The monoisotopic (exact) mass is 557 g/mol. The molecule has 0 atom stereocenters. The number of aromatic nitrogens is 1. The molecule has 0 fully saturated rings. The molecular formula is C25H14Cl3N3O2S2. The second kappa shape index (κ2) is 9.97. The zero-order chi connectivity index (χ0) is 24.5. The number of amides is 1. The molecule has 0 radical (unpaired) electrons. The third-order valence-electron chi connectivity index (χ3n) is 5.03. The number of nitrogens with one attached hydrogen (secondary N) is 2. The lowest BCUT2D eigenvalue weighted by molar-refractivity contribution is 0.0951. The number of carbonyl (C=O) groups excluding carboxylic acids is 1. The molecular weight excluding hydrogens is 545 g/mol. The smallest absolute Gasteiger partial charge is 0.293 e. The van der Waals surface area contributed by atoms with Crippen LogP contribution in [-0.4, -0.2) is 16.0 Å². The number of carbonyl (C=O) groups is 1. The molecule has 2 aromatic heterocycles. The summed E-state index contributed by atoms with van der Waals surface area (Å²) in [4.78, 5) is 17.3. The van der Waals surface area contributed by atoms with Gasteiger partial charge in [0.2, 0.25) is 0 Å². The Morgan fingerprint density at radius 3 is 2.54 bits per heavy atom. The summed E-state index contributed by atoms with van der Waals surface area (Å²) >= 11 is 25.7. The van der Waals surface area contributed by atoms with Crippen LogP contribution in [0.5, 0.6) is 0 Å². The molecule has 5 rings (SSSR count). The van der Waals surface area contributed by atoms with E-state index in [0.717, 1.165) is 20.8 Å². The highest BCUT2D eigenvalue weighted by molar-refractivity contribution is 7.80. The number of rotatable bonds is 4. The van der Waals surface area contributed by atoms with Crippen LogP contribution in [0.4, 0.5) is 5.69 Å². The normalized spacial score (nSPS) is 10.9. The fourth-order valence-electron chi connectivity index (χ4n) is 3.38. The molecule has 10 heteroatoms. The number of furan rings is 1. The summed E-state index contributed by atoms with van der Waals surface area (Å²) in [6, 6.07) is 21.7. The Balaban J connectivity index is 1.26. The number of fused-ring (bicyclic) bond motifs is 1. The SMILES string of the molecule is O=C(NC(=S)Nc1ccc(-c2nc3ccccc3s2)c(Cl)c1)c1ccc(-c2cccc(Cl)c2Cl)o1. The van der Waals surface area contributed by atoms with Gasteiger partial charge in [-0.2, -0.15) is 0 Å². The van der Waals surface area contributed by atoms with Gasteiger partial charge in [-0.25, -0.2) is 4.98 Å². The van der Waals surface area contributed by atoms with Gasteiger partial charge in [0.15, 0.2) is 10.9 Å². The van der Waals surface area contributed by atoms with E-state index in [9.17, 15) is 4.79 Å². The molecule has 174 valence electrons. The molecule has 2 N–H and O–H groups in total. The van der Waals surface area contributed by atoms with Gasteiger partial charge in [-0.15, -0.1) is 11.3 Å². The van der Waals surface area contributed by atoms with Crippen molar-refractivity contribution in [3.05, 3.63) is 93.6 Å². The molecule has 0 aliphatic rings.